The summed E-state index contributed by atoms with van der Waals surface area (Å²) in [5.41, 5.74) is -0.413. The lowest BCUT2D eigenvalue weighted by Gasteiger charge is -2.42. The number of nitrogens with one attached hydrogen (secondary N) is 1. The lowest BCUT2D eigenvalue weighted by atomic mass is 9.90. The van der Waals surface area contributed by atoms with Crippen LogP contribution in [0.2, 0.25) is 0 Å². The van der Waals surface area contributed by atoms with Gasteiger partial charge in [0, 0.05) is 19.9 Å². The molecule has 2 aromatic carbocycles. The van der Waals surface area contributed by atoms with Crippen LogP contribution in [0.15, 0.2) is 48.5 Å². The van der Waals surface area contributed by atoms with Crippen LogP contribution in [0.4, 0.5) is 10.5 Å². The fourth-order valence-corrected chi connectivity index (χ4v) is 4.32. The molecule has 0 radical (unpaired) electrons. The van der Waals surface area contributed by atoms with E-state index in [0.717, 1.165) is 5.56 Å². The van der Waals surface area contributed by atoms with Crippen LogP contribution in [0.25, 0.3) is 0 Å². The molecule has 1 aliphatic heterocycles. The molecular weight excluding hydrogens is 552 g/mol. The van der Waals surface area contributed by atoms with E-state index in [0.29, 0.717) is 18.5 Å². The first-order chi connectivity index (χ1) is 19.9. The van der Waals surface area contributed by atoms with E-state index >= 15 is 0 Å². The molecule has 13 heteroatoms. The van der Waals surface area contributed by atoms with Gasteiger partial charge in [-0.3, -0.25) is 9.69 Å². The minimum absolute atomic E-state index is 0.0198. The highest BCUT2D eigenvalue weighted by Crippen LogP contribution is 2.35. The highest BCUT2D eigenvalue weighted by Gasteiger charge is 2.51. The maximum Gasteiger partial charge on any atom is 0.411 e. The molecule has 0 aromatic heterocycles. The molecule has 5 N–H and O–H groups in total. The molecule has 1 fully saturated rings. The number of ether oxygens (including phenoxy) is 4. The minimum Gasteiger partial charge on any atom is -0.479 e. The second-order valence-corrected chi connectivity index (χ2v) is 10.1. The van der Waals surface area contributed by atoms with Crippen molar-refractivity contribution in [2.24, 2.45) is 0 Å². The first-order valence-corrected chi connectivity index (χ1v) is 13.5. The van der Waals surface area contributed by atoms with Crippen molar-refractivity contribution >= 4 is 23.7 Å². The van der Waals surface area contributed by atoms with Gasteiger partial charge in [-0.2, -0.15) is 0 Å². The number of benzene rings is 2. The Kier molecular flexibility index (Phi) is 11.6. The SMILES string of the molecule is CCN(COC(C)Cc1ccccc1)C(=O)OCc1ccc(O[C@H]2OC(C(=O)O)C(O)CC2(O)CO)c(NC(C)=O)c1. The van der Waals surface area contributed by atoms with Crippen molar-refractivity contribution < 1.29 is 53.8 Å². The standard InChI is InChI=1S/C29H38N2O11/c1-4-31(17-40-18(2)12-20-8-6-5-7-9-20)28(37)39-15-21-10-11-24(22(13-21)30-19(3)33)41-27-29(38,16-32)14-23(34)25(42-27)26(35)36/h5-11,13,18,23,25,27,32,34,38H,4,12,14-17H2,1-3H3,(H,30,33)(H,35,36)/t18?,23?,25?,27-,29?/m0/s1. The Hall–Kier alpha value is -3.75. The molecule has 0 aliphatic carbocycles. The van der Waals surface area contributed by atoms with Crippen LogP contribution < -0.4 is 10.1 Å². The number of carboxylic acids is 1. The van der Waals surface area contributed by atoms with Crippen molar-refractivity contribution in [3.63, 3.8) is 0 Å². The van der Waals surface area contributed by atoms with Crippen LogP contribution in [-0.2, 0) is 36.8 Å². The highest BCUT2D eigenvalue weighted by atomic mass is 16.7. The second kappa shape index (κ2) is 14.9. The molecule has 13 nitrogen and oxygen atoms in total. The van der Waals surface area contributed by atoms with Gasteiger partial charge >= 0.3 is 12.1 Å². The maximum atomic E-state index is 12.7. The molecule has 0 saturated carbocycles. The zero-order chi connectivity index (χ0) is 30.9. The molecule has 3 rings (SSSR count). The summed E-state index contributed by atoms with van der Waals surface area (Å²) in [7, 11) is 0. The Balaban J connectivity index is 1.65. The van der Waals surface area contributed by atoms with Gasteiger partial charge in [-0.05, 0) is 43.5 Å². The fraction of sp³-hybridized carbons (Fsp3) is 0.483. The van der Waals surface area contributed by atoms with Gasteiger partial charge < -0.3 is 44.7 Å². The molecule has 5 atom stereocenters. The molecule has 0 bridgehead atoms. The minimum atomic E-state index is -2.13. The largest absolute Gasteiger partial charge is 0.479 e. The van der Waals surface area contributed by atoms with Crippen LogP contribution in [0.1, 0.15) is 38.3 Å². The summed E-state index contributed by atoms with van der Waals surface area (Å²) in [6.45, 7) is 4.30. The number of hydrogen-bond donors (Lipinski definition) is 5. The summed E-state index contributed by atoms with van der Waals surface area (Å²) in [6.07, 6.45) is -5.57. The number of hydrogen-bond acceptors (Lipinski definition) is 10. The van der Waals surface area contributed by atoms with Crippen LogP contribution >= 0.6 is 0 Å². The lowest BCUT2D eigenvalue weighted by Crippen LogP contribution is -2.61. The molecule has 1 saturated heterocycles. The van der Waals surface area contributed by atoms with Crippen molar-refractivity contribution in [3.8, 4) is 5.75 Å². The maximum absolute atomic E-state index is 12.7. The molecule has 2 aromatic rings. The van der Waals surface area contributed by atoms with Crippen molar-refractivity contribution in [3.05, 3.63) is 59.7 Å². The molecule has 1 aliphatic rings. The van der Waals surface area contributed by atoms with Gasteiger partial charge in [0.15, 0.2) is 11.7 Å². The van der Waals surface area contributed by atoms with E-state index in [2.05, 4.69) is 5.32 Å². The van der Waals surface area contributed by atoms with Crippen molar-refractivity contribution in [1.29, 1.82) is 0 Å². The number of aliphatic hydroxyl groups excluding tert-OH is 2. The summed E-state index contributed by atoms with van der Waals surface area (Å²) >= 11 is 0. The Morgan fingerprint density at radius 3 is 2.50 bits per heavy atom. The van der Waals surface area contributed by atoms with Crippen LogP contribution in [0.3, 0.4) is 0 Å². The van der Waals surface area contributed by atoms with E-state index in [1.54, 1.807) is 6.92 Å². The summed E-state index contributed by atoms with van der Waals surface area (Å²) < 4.78 is 22.3. The first kappa shape index (κ1) is 32.8. The average molecular weight is 591 g/mol. The monoisotopic (exact) mass is 590 g/mol. The van der Waals surface area contributed by atoms with Crippen molar-refractivity contribution in [2.45, 2.75) is 70.4 Å². The van der Waals surface area contributed by atoms with E-state index in [-0.39, 0.29) is 30.9 Å². The van der Waals surface area contributed by atoms with E-state index in [4.69, 9.17) is 18.9 Å². The Morgan fingerprint density at radius 2 is 1.88 bits per heavy atom. The zero-order valence-electron chi connectivity index (χ0n) is 23.8. The predicted molar refractivity (Wildman–Crippen MR) is 148 cm³/mol. The summed E-state index contributed by atoms with van der Waals surface area (Å²) in [6, 6.07) is 14.3. The van der Waals surface area contributed by atoms with E-state index in [9.17, 15) is 34.8 Å². The Labute approximate surface area is 243 Å². The fourth-order valence-electron chi connectivity index (χ4n) is 4.32. The summed E-state index contributed by atoms with van der Waals surface area (Å²) in [5, 5.41) is 42.4. The number of nitrogens with zero attached hydrogens (tertiary/aromatic N) is 1. The number of amides is 2. The Morgan fingerprint density at radius 1 is 1.17 bits per heavy atom. The molecule has 42 heavy (non-hydrogen) atoms. The van der Waals surface area contributed by atoms with Gasteiger partial charge in [-0.1, -0.05) is 36.4 Å². The van der Waals surface area contributed by atoms with E-state index < -0.39 is 55.1 Å². The smallest absolute Gasteiger partial charge is 0.411 e. The van der Waals surface area contributed by atoms with Crippen LogP contribution in [0.5, 0.6) is 5.75 Å². The van der Waals surface area contributed by atoms with Gasteiger partial charge in [0.05, 0.1) is 24.5 Å². The third-order valence-electron chi connectivity index (χ3n) is 6.61. The molecule has 2 amide bonds. The molecule has 1 heterocycles. The van der Waals surface area contributed by atoms with Crippen molar-refractivity contribution in [1.82, 2.24) is 4.90 Å². The van der Waals surface area contributed by atoms with E-state index in [1.165, 1.54) is 30.0 Å². The summed E-state index contributed by atoms with van der Waals surface area (Å²) in [5.74, 6) is -1.96. The number of carboxylic acid groups (broad SMARTS) is 1. The van der Waals surface area contributed by atoms with Crippen LogP contribution in [0, 0.1) is 0 Å². The number of anilines is 1. The summed E-state index contributed by atoms with van der Waals surface area (Å²) in [4.78, 5) is 37.5. The zero-order valence-corrected chi connectivity index (χ0v) is 23.8. The third kappa shape index (κ3) is 8.87. The second-order valence-electron chi connectivity index (χ2n) is 10.1. The van der Waals surface area contributed by atoms with Crippen LogP contribution in [-0.4, -0.2) is 93.4 Å². The van der Waals surface area contributed by atoms with Crippen molar-refractivity contribution in [2.75, 3.05) is 25.2 Å². The number of rotatable bonds is 13. The van der Waals surface area contributed by atoms with Gasteiger partial charge in [0.1, 0.15) is 19.1 Å². The van der Waals surface area contributed by atoms with Gasteiger partial charge in [0.25, 0.3) is 0 Å². The topological polar surface area (TPSA) is 184 Å². The van der Waals surface area contributed by atoms with Gasteiger partial charge in [0.2, 0.25) is 12.2 Å². The lowest BCUT2D eigenvalue weighted by molar-refractivity contribution is -0.282. The molecular formula is C29H38N2O11. The number of carbonyl (C=O) groups is 3. The molecule has 0 spiro atoms. The number of aliphatic carboxylic acids is 1. The normalized spacial score (nSPS) is 22.6. The van der Waals surface area contributed by atoms with E-state index in [1.807, 2.05) is 37.3 Å². The number of carbonyl (C=O) groups excluding carboxylic acids is 2. The Bertz CT molecular complexity index is 1210. The molecule has 230 valence electrons. The third-order valence-corrected chi connectivity index (χ3v) is 6.61. The predicted octanol–water partition coefficient (Wildman–Crippen LogP) is 1.87. The molecule has 4 unspecified atom stereocenters. The first-order valence-electron chi connectivity index (χ1n) is 13.5. The highest BCUT2D eigenvalue weighted by molar-refractivity contribution is 5.90. The average Bonchev–Trinajstić information content (AvgIpc) is 2.94. The quantitative estimate of drug-likeness (QED) is 0.215. The van der Waals surface area contributed by atoms with Gasteiger partial charge in [-0.25, -0.2) is 9.59 Å². The van der Waals surface area contributed by atoms with Gasteiger partial charge in [-0.15, -0.1) is 0 Å². The number of aliphatic hydroxyl groups is 3.